The number of thiazole rings is 1. The van der Waals surface area contributed by atoms with E-state index in [0.29, 0.717) is 11.3 Å². The molecule has 0 aliphatic carbocycles. The summed E-state index contributed by atoms with van der Waals surface area (Å²) in [6.07, 6.45) is -0.0302. The Labute approximate surface area is 130 Å². The van der Waals surface area contributed by atoms with Crippen LogP contribution in [0.5, 0.6) is 5.75 Å². The lowest BCUT2D eigenvalue weighted by atomic mass is 10.2. The molecule has 0 unspecified atom stereocenters. The first-order valence-corrected chi connectivity index (χ1v) is 7.93. The van der Waals surface area contributed by atoms with E-state index in [1.165, 1.54) is 30.2 Å². The Morgan fingerprint density at radius 1 is 1.52 bits per heavy atom. The predicted octanol–water partition coefficient (Wildman–Crippen LogP) is 3.52. The third kappa shape index (κ3) is 3.95. The van der Waals surface area contributed by atoms with E-state index in [2.05, 4.69) is 4.98 Å². The van der Waals surface area contributed by atoms with E-state index < -0.39 is 5.97 Å². The van der Waals surface area contributed by atoms with Crippen LogP contribution in [-0.4, -0.2) is 23.2 Å². The van der Waals surface area contributed by atoms with Gasteiger partial charge in [0.15, 0.2) is 15.9 Å². The first-order chi connectivity index (χ1) is 10.0. The van der Waals surface area contributed by atoms with E-state index in [1.54, 1.807) is 25.1 Å². The maximum Gasteiger partial charge on any atom is 0.308 e. The molecule has 2 rings (SSSR count). The van der Waals surface area contributed by atoms with Gasteiger partial charge < -0.3 is 9.84 Å². The van der Waals surface area contributed by atoms with Crippen LogP contribution in [0.2, 0.25) is 0 Å². The molecule has 0 bridgehead atoms. The van der Waals surface area contributed by atoms with Crippen LogP contribution >= 0.6 is 23.1 Å². The molecule has 0 atom stereocenters. The molecule has 0 radical (unpaired) electrons. The number of benzene rings is 1. The SMILES string of the molecule is COc1cccc(CSc2nc(C)c(CC(=O)O)s2)c1F. The molecule has 0 aliphatic rings. The minimum atomic E-state index is -0.878. The molecule has 4 nitrogen and oxygen atoms in total. The third-order valence-electron chi connectivity index (χ3n) is 2.80. The molecule has 21 heavy (non-hydrogen) atoms. The van der Waals surface area contributed by atoms with E-state index in [9.17, 15) is 9.18 Å². The van der Waals surface area contributed by atoms with Crippen molar-refractivity contribution in [3.8, 4) is 5.75 Å². The van der Waals surface area contributed by atoms with Gasteiger partial charge in [0.25, 0.3) is 0 Å². The van der Waals surface area contributed by atoms with Gasteiger partial charge in [-0.2, -0.15) is 0 Å². The van der Waals surface area contributed by atoms with Crippen LogP contribution in [0, 0.1) is 12.7 Å². The number of hydrogen-bond acceptors (Lipinski definition) is 5. The molecule has 0 spiro atoms. The van der Waals surface area contributed by atoms with Crippen molar-refractivity contribution in [3.63, 3.8) is 0 Å². The second kappa shape index (κ2) is 6.91. The van der Waals surface area contributed by atoms with Crippen molar-refractivity contribution in [3.05, 3.63) is 40.2 Å². The molecule has 0 fully saturated rings. The number of carboxylic acids is 1. The molecule has 1 aromatic heterocycles. The Bertz CT molecular complexity index is 658. The van der Waals surface area contributed by atoms with E-state index in [1.807, 2.05) is 0 Å². The number of aromatic nitrogens is 1. The van der Waals surface area contributed by atoms with E-state index in [0.717, 1.165) is 14.9 Å². The topological polar surface area (TPSA) is 59.4 Å². The summed E-state index contributed by atoms with van der Waals surface area (Å²) < 4.78 is 19.7. The number of thioether (sulfide) groups is 1. The average molecular weight is 327 g/mol. The quantitative estimate of drug-likeness (QED) is 0.823. The number of nitrogens with zero attached hydrogens (tertiary/aromatic N) is 1. The smallest absolute Gasteiger partial charge is 0.308 e. The number of carbonyl (C=O) groups is 1. The summed E-state index contributed by atoms with van der Waals surface area (Å²) in [6.45, 7) is 1.78. The molecular formula is C14H14FNO3S2. The number of methoxy groups -OCH3 is 1. The van der Waals surface area contributed by atoms with Gasteiger partial charge >= 0.3 is 5.97 Å². The fraction of sp³-hybridized carbons (Fsp3) is 0.286. The molecule has 1 aromatic carbocycles. The Balaban J connectivity index is 2.08. The zero-order valence-electron chi connectivity index (χ0n) is 11.6. The van der Waals surface area contributed by atoms with Gasteiger partial charge in [0, 0.05) is 16.2 Å². The van der Waals surface area contributed by atoms with Crippen molar-refractivity contribution in [2.45, 2.75) is 23.4 Å². The molecule has 2 aromatic rings. The van der Waals surface area contributed by atoms with Crippen molar-refractivity contribution in [1.29, 1.82) is 0 Å². The van der Waals surface area contributed by atoms with Crippen molar-refractivity contribution in [2.75, 3.05) is 7.11 Å². The molecular weight excluding hydrogens is 313 g/mol. The number of ether oxygens (including phenoxy) is 1. The normalized spacial score (nSPS) is 10.6. The van der Waals surface area contributed by atoms with Gasteiger partial charge in [-0.05, 0) is 13.0 Å². The fourth-order valence-electron chi connectivity index (χ4n) is 1.73. The molecule has 1 N–H and O–H groups in total. The minimum absolute atomic E-state index is 0.0302. The molecule has 112 valence electrons. The van der Waals surface area contributed by atoms with Crippen LogP contribution < -0.4 is 4.74 Å². The maximum atomic E-state index is 14.0. The van der Waals surface area contributed by atoms with Gasteiger partial charge in [0.05, 0.1) is 19.2 Å². The lowest BCUT2D eigenvalue weighted by molar-refractivity contribution is -0.136. The second-order valence-electron chi connectivity index (χ2n) is 4.28. The lowest BCUT2D eigenvalue weighted by Gasteiger charge is -2.05. The Kier molecular flexibility index (Phi) is 5.19. The Morgan fingerprint density at radius 3 is 2.95 bits per heavy atom. The van der Waals surface area contributed by atoms with Crippen LogP contribution in [0.1, 0.15) is 16.1 Å². The predicted molar refractivity (Wildman–Crippen MR) is 80.7 cm³/mol. The summed E-state index contributed by atoms with van der Waals surface area (Å²) >= 11 is 2.73. The van der Waals surface area contributed by atoms with E-state index >= 15 is 0 Å². The van der Waals surface area contributed by atoms with Crippen molar-refractivity contribution >= 4 is 29.1 Å². The lowest BCUT2D eigenvalue weighted by Crippen LogP contribution is -1.99. The van der Waals surface area contributed by atoms with E-state index in [-0.39, 0.29) is 18.0 Å². The summed E-state index contributed by atoms with van der Waals surface area (Å²) in [6, 6.07) is 5.01. The first-order valence-electron chi connectivity index (χ1n) is 6.13. The van der Waals surface area contributed by atoms with Crippen LogP contribution in [0.15, 0.2) is 22.5 Å². The number of aliphatic carboxylic acids is 1. The maximum absolute atomic E-state index is 14.0. The van der Waals surface area contributed by atoms with Crippen molar-refractivity contribution in [1.82, 2.24) is 4.98 Å². The van der Waals surface area contributed by atoms with Gasteiger partial charge in [-0.1, -0.05) is 23.9 Å². The average Bonchev–Trinajstić information content (AvgIpc) is 2.77. The summed E-state index contributed by atoms with van der Waals surface area (Å²) in [5.74, 6) is -0.610. The van der Waals surface area contributed by atoms with Crippen LogP contribution in [0.4, 0.5) is 4.39 Å². The van der Waals surface area contributed by atoms with Gasteiger partial charge in [-0.25, -0.2) is 9.37 Å². The molecule has 7 heteroatoms. The first kappa shape index (κ1) is 15.8. The summed E-state index contributed by atoms with van der Waals surface area (Å²) in [5.41, 5.74) is 1.25. The number of hydrogen-bond donors (Lipinski definition) is 1. The Hall–Kier alpha value is -1.60. The number of aryl methyl sites for hydroxylation is 1. The molecule has 0 saturated carbocycles. The highest BCUT2D eigenvalue weighted by Gasteiger charge is 2.13. The minimum Gasteiger partial charge on any atom is -0.494 e. The van der Waals surface area contributed by atoms with Gasteiger partial charge in [0.1, 0.15) is 0 Å². The van der Waals surface area contributed by atoms with Crippen molar-refractivity contribution in [2.24, 2.45) is 0 Å². The molecule has 0 amide bonds. The number of rotatable bonds is 6. The van der Waals surface area contributed by atoms with Gasteiger partial charge in [-0.3, -0.25) is 4.79 Å². The second-order valence-corrected chi connectivity index (χ2v) is 6.59. The highest BCUT2D eigenvalue weighted by molar-refractivity contribution is 8.00. The standard InChI is InChI=1S/C14H14FNO3S2/c1-8-11(6-12(17)18)21-14(16-8)20-7-9-4-3-5-10(19-2)13(9)15/h3-5H,6-7H2,1-2H3,(H,17,18). The van der Waals surface area contributed by atoms with E-state index in [4.69, 9.17) is 9.84 Å². The van der Waals surface area contributed by atoms with Crippen molar-refractivity contribution < 1.29 is 19.0 Å². The largest absolute Gasteiger partial charge is 0.494 e. The zero-order valence-corrected chi connectivity index (χ0v) is 13.2. The molecule has 1 heterocycles. The molecule has 0 saturated heterocycles. The number of carboxylic acid groups (broad SMARTS) is 1. The highest BCUT2D eigenvalue weighted by Crippen LogP contribution is 2.32. The van der Waals surface area contributed by atoms with Gasteiger partial charge in [-0.15, -0.1) is 11.3 Å². The summed E-state index contributed by atoms with van der Waals surface area (Å²) in [4.78, 5) is 15.8. The van der Waals surface area contributed by atoms with Gasteiger partial charge in [0.2, 0.25) is 0 Å². The van der Waals surface area contributed by atoms with Crippen LogP contribution in [0.25, 0.3) is 0 Å². The summed E-state index contributed by atoms with van der Waals surface area (Å²) in [5, 5.41) is 8.81. The molecule has 0 aliphatic heterocycles. The fourth-order valence-corrected chi connectivity index (χ4v) is 3.93. The third-order valence-corrected chi connectivity index (χ3v) is 5.15. The Morgan fingerprint density at radius 2 is 2.29 bits per heavy atom. The highest BCUT2D eigenvalue weighted by atomic mass is 32.2. The van der Waals surface area contributed by atoms with Crippen LogP contribution in [-0.2, 0) is 17.0 Å². The summed E-state index contributed by atoms with van der Waals surface area (Å²) in [7, 11) is 1.43. The van der Waals surface area contributed by atoms with Crippen LogP contribution in [0.3, 0.4) is 0 Å². The monoisotopic (exact) mass is 327 g/mol. The number of halogens is 1. The zero-order chi connectivity index (χ0) is 15.4.